The molecule has 7 nitrogen and oxygen atoms in total. The van der Waals surface area contributed by atoms with Gasteiger partial charge in [-0.3, -0.25) is 14.4 Å². The summed E-state index contributed by atoms with van der Waals surface area (Å²) in [5.41, 5.74) is -1.57. The number of hydrogen-bond donors (Lipinski definition) is 3. The van der Waals surface area contributed by atoms with Gasteiger partial charge in [0.1, 0.15) is 17.1 Å². The lowest BCUT2D eigenvalue weighted by Gasteiger charge is -2.19. The molecule has 1 aromatic rings. The second-order valence-electron chi connectivity index (χ2n) is 5.49. The van der Waals surface area contributed by atoms with Crippen molar-refractivity contribution in [2.45, 2.75) is 32.3 Å². The van der Waals surface area contributed by atoms with Gasteiger partial charge in [-0.1, -0.05) is 6.92 Å². The van der Waals surface area contributed by atoms with E-state index in [2.05, 4.69) is 0 Å². The largest absolute Gasteiger partial charge is 0.507 e. The van der Waals surface area contributed by atoms with Gasteiger partial charge in [0.15, 0.2) is 11.5 Å². The molecule has 0 saturated carbocycles. The number of phenols is 3. The Hall–Kier alpha value is -2.83. The van der Waals surface area contributed by atoms with Crippen LogP contribution in [-0.2, 0) is 9.53 Å². The van der Waals surface area contributed by atoms with E-state index in [4.69, 9.17) is 4.74 Å². The number of ether oxygens (including phenoxy) is 1. The van der Waals surface area contributed by atoms with Crippen molar-refractivity contribution >= 4 is 17.3 Å². The molecule has 0 amide bonds. The van der Waals surface area contributed by atoms with Crippen LogP contribution in [-0.4, -0.2) is 38.8 Å². The number of Topliss-reactive ketones (excluding diaryl/α,β-unsaturated/α-hetero) is 3. The number of allylic oxidation sites excluding steroid dienone is 2. The molecule has 1 fully saturated rings. The van der Waals surface area contributed by atoms with Gasteiger partial charge < -0.3 is 20.1 Å². The number of carbonyl (C=O) groups excluding carboxylic acids is 3. The number of ketones is 3. The molecule has 3 N–H and O–H groups in total. The summed E-state index contributed by atoms with van der Waals surface area (Å²) in [7, 11) is 0. The summed E-state index contributed by atoms with van der Waals surface area (Å²) in [5, 5.41) is 29.1. The summed E-state index contributed by atoms with van der Waals surface area (Å²) >= 11 is 0. The average Bonchev–Trinajstić information content (AvgIpc) is 2.97. The third-order valence-corrected chi connectivity index (χ3v) is 4.11. The second-order valence-corrected chi connectivity index (χ2v) is 5.49. The number of hydrogen-bond acceptors (Lipinski definition) is 7. The summed E-state index contributed by atoms with van der Waals surface area (Å²) in [4.78, 5) is 37.1. The van der Waals surface area contributed by atoms with Gasteiger partial charge in [-0.15, -0.1) is 0 Å². The quantitative estimate of drug-likeness (QED) is 0.236. The van der Waals surface area contributed by atoms with E-state index >= 15 is 0 Å². The van der Waals surface area contributed by atoms with Gasteiger partial charge in [-0.2, -0.15) is 0 Å². The first-order chi connectivity index (χ1) is 10.9. The Labute approximate surface area is 130 Å². The molecule has 1 aliphatic carbocycles. The van der Waals surface area contributed by atoms with E-state index in [-0.39, 0.29) is 11.9 Å². The minimum absolute atomic E-state index is 0.128. The minimum Gasteiger partial charge on any atom is -0.507 e. The summed E-state index contributed by atoms with van der Waals surface area (Å²) in [6.07, 6.45) is 1.54. The van der Waals surface area contributed by atoms with Crippen LogP contribution in [0.5, 0.6) is 17.2 Å². The van der Waals surface area contributed by atoms with E-state index in [1.165, 1.54) is 0 Å². The molecule has 2 aliphatic rings. The molecule has 0 spiro atoms. The topological polar surface area (TPSA) is 121 Å². The monoisotopic (exact) mass is 318 g/mol. The van der Waals surface area contributed by atoms with Gasteiger partial charge in [-0.05, 0) is 12.8 Å². The van der Waals surface area contributed by atoms with E-state index in [1.54, 1.807) is 0 Å². The highest BCUT2D eigenvalue weighted by Crippen LogP contribution is 2.43. The highest BCUT2D eigenvalue weighted by molar-refractivity contribution is 6.60. The fourth-order valence-electron chi connectivity index (χ4n) is 2.89. The molecule has 1 unspecified atom stereocenters. The van der Waals surface area contributed by atoms with E-state index in [0.29, 0.717) is 19.3 Å². The number of benzene rings is 1. The molecular formula is C16H14O7. The fourth-order valence-corrected chi connectivity index (χ4v) is 2.89. The summed E-state index contributed by atoms with van der Waals surface area (Å²) < 4.78 is 5.54. The van der Waals surface area contributed by atoms with Crippen molar-refractivity contribution in [3.05, 3.63) is 28.5 Å². The number of carbonyl (C=O) groups is 3. The molecule has 1 saturated heterocycles. The first-order valence-corrected chi connectivity index (χ1v) is 7.18. The Morgan fingerprint density at radius 2 is 1.74 bits per heavy atom. The van der Waals surface area contributed by atoms with Crippen LogP contribution in [0.15, 0.2) is 17.4 Å². The zero-order valence-corrected chi connectivity index (χ0v) is 12.3. The van der Waals surface area contributed by atoms with Crippen molar-refractivity contribution in [2.24, 2.45) is 0 Å². The summed E-state index contributed by atoms with van der Waals surface area (Å²) in [6, 6.07) is 0.752. The molecule has 3 rings (SSSR count). The van der Waals surface area contributed by atoms with E-state index in [0.717, 1.165) is 6.07 Å². The van der Waals surface area contributed by atoms with Crippen LogP contribution in [0.2, 0.25) is 0 Å². The van der Waals surface area contributed by atoms with Crippen molar-refractivity contribution in [2.75, 3.05) is 0 Å². The molecule has 0 radical (unpaired) electrons. The molecule has 0 bridgehead atoms. The van der Waals surface area contributed by atoms with Crippen LogP contribution in [0.3, 0.4) is 0 Å². The maximum absolute atomic E-state index is 12.6. The number of phenolic OH excluding ortho intramolecular Hbond substituents is 3. The van der Waals surface area contributed by atoms with Crippen LogP contribution < -0.4 is 0 Å². The van der Waals surface area contributed by atoms with E-state index in [9.17, 15) is 29.7 Å². The number of aromatic hydroxyl groups is 3. The zero-order valence-electron chi connectivity index (χ0n) is 12.3. The SMILES string of the molecule is CCC1CCC(=C2C(=O)C(=O)c3c(O)c(O)cc(O)c3C2=O)O1. The van der Waals surface area contributed by atoms with Crippen molar-refractivity contribution in [1.82, 2.24) is 0 Å². The Balaban J connectivity index is 2.22. The molecule has 120 valence electrons. The molecule has 7 heteroatoms. The first kappa shape index (κ1) is 15.1. The van der Waals surface area contributed by atoms with Gasteiger partial charge in [-0.25, -0.2) is 0 Å². The summed E-state index contributed by atoms with van der Waals surface area (Å²) in [6.45, 7) is 1.90. The highest BCUT2D eigenvalue weighted by Gasteiger charge is 2.43. The first-order valence-electron chi connectivity index (χ1n) is 7.18. The Kier molecular flexibility index (Phi) is 3.35. The van der Waals surface area contributed by atoms with E-state index < -0.39 is 51.3 Å². The van der Waals surface area contributed by atoms with Crippen LogP contribution in [0.25, 0.3) is 0 Å². The van der Waals surface area contributed by atoms with Crippen LogP contribution in [0.4, 0.5) is 0 Å². The molecule has 1 aliphatic heterocycles. The Bertz CT molecular complexity index is 788. The minimum atomic E-state index is -1.16. The molecule has 1 atom stereocenters. The molecule has 1 aromatic carbocycles. The lowest BCUT2D eigenvalue weighted by molar-refractivity contribution is -0.111. The van der Waals surface area contributed by atoms with Crippen molar-refractivity contribution < 1.29 is 34.4 Å². The van der Waals surface area contributed by atoms with Gasteiger partial charge in [0.05, 0.1) is 17.2 Å². The van der Waals surface area contributed by atoms with Crippen molar-refractivity contribution in [3.63, 3.8) is 0 Å². The highest BCUT2D eigenvalue weighted by atomic mass is 16.5. The third-order valence-electron chi connectivity index (χ3n) is 4.11. The predicted octanol–water partition coefficient (Wildman–Crippen LogP) is 1.59. The van der Waals surface area contributed by atoms with E-state index in [1.807, 2.05) is 6.92 Å². The third kappa shape index (κ3) is 2.08. The Morgan fingerprint density at radius 3 is 2.35 bits per heavy atom. The second kappa shape index (κ2) is 5.12. The zero-order chi connectivity index (χ0) is 16.9. The number of fused-ring (bicyclic) bond motifs is 1. The Morgan fingerprint density at radius 1 is 1.04 bits per heavy atom. The average molecular weight is 318 g/mol. The number of rotatable bonds is 1. The van der Waals surface area contributed by atoms with Gasteiger partial charge in [0, 0.05) is 12.5 Å². The molecule has 0 aromatic heterocycles. The smallest absolute Gasteiger partial charge is 0.241 e. The fraction of sp³-hybridized carbons (Fsp3) is 0.312. The van der Waals surface area contributed by atoms with Crippen LogP contribution in [0, 0.1) is 0 Å². The van der Waals surface area contributed by atoms with Crippen molar-refractivity contribution in [1.29, 1.82) is 0 Å². The lowest BCUT2D eigenvalue weighted by Crippen LogP contribution is -2.31. The maximum Gasteiger partial charge on any atom is 0.241 e. The molecule has 1 heterocycles. The van der Waals surface area contributed by atoms with Gasteiger partial charge >= 0.3 is 0 Å². The maximum atomic E-state index is 12.6. The lowest BCUT2D eigenvalue weighted by atomic mass is 9.82. The van der Waals surface area contributed by atoms with Crippen LogP contribution in [0.1, 0.15) is 46.9 Å². The summed E-state index contributed by atoms with van der Waals surface area (Å²) in [5.74, 6) is -5.36. The van der Waals surface area contributed by atoms with Crippen LogP contribution >= 0.6 is 0 Å². The van der Waals surface area contributed by atoms with Gasteiger partial charge in [0.2, 0.25) is 17.3 Å². The normalized spacial score (nSPS) is 23.9. The van der Waals surface area contributed by atoms with Crippen molar-refractivity contribution in [3.8, 4) is 17.2 Å². The molecule has 23 heavy (non-hydrogen) atoms. The van der Waals surface area contributed by atoms with Gasteiger partial charge in [0.25, 0.3) is 0 Å². The standard InChI is InChI=1S/C16H14O7/c1-2-6-3-4-9(23-6)11-14(20)10-7(17)5-8(18)13(19)12(10)16(22)15(11)21/h5-6,17-19H,2-4H2,1H3. The molecular weight excluding hydrogens is 304 g/mol. The predicted molar refractivity (Wildman–Crippen MR) is 76.5 cm³/mol.